The number of halogens is 2. The molecule has 6 nitrogen and oxygen atoms in total. The summed E-state index contributed by atoms with van der Waals surface area (Å²) < 4.78 is 53.3. The summed E-state index contributed by atoms with van der Waals surface area (Å²) >= 11 is 0. The van der Waals surface area contributed by atoms with Gasteiger partial charge in [-0.05, 0) is 42.5 Å². The van der Waals surface area contributed by atoms with E-state index < -0.39 is 26.6 Å². The van der Waals surface area contributed by atoms with Crippen molar-refractivity contribution in [1.29, 1.82) is 5.26 Å². The maximum atomic E-state index is 13.8. The smallest absolute Gasteiger partial charge is 0.253 e. The highest BCUT2D eigenvalue weighted by molar-refractivity contribution is 7.89. The van der Waals surface area contributed by atoms with Gasteiger partial charge in [0.25, 0.3) is 5.91 Å². The molecule has 27 heavy (non-hydrogen) atoms. The Hall–Kier alpha value is -2.83. The highest BCUT2D eigenvalue weighted by atomic mass is 32.2. The number of amides is 1. The van der Waals surface area contributed by atoms with Crippen LogP contribution in [0, 0.1) is 23.0 Å². The van der Waals surface area contributed by atoms with Crippen LogP contribution in [-0.2, 0) is 10.0 Å². The number of nitriles is 1. The second-order valence-electron chi connectivity index (χ2n) is 5.96. The van der Waals surface area contributed by atoms with Gasteiger partial charge in [-0.15, -0.1) is 0 Å². The third-order valence-electron chi connectivity index (χ3n) is 4.30. The molecule has 0 aromatic heterocycles. The highest BCUT2D eigenvalue weighted by Gasteiger charge is 2.32. The van der Waals surface area contributed by atoms with Crippen molar-refractivity contribution < 1.29 is 22.0 Å². The summed E-state index contributed by atoms with van der Waals surface area (Å²) in [6.07, 6.45) is 0. The SMILES string of the molecule is N#Cc1ccc(C(=O)N2CCN(S(=O)(=O)c3cc(F)ccc3F)CC2)cc1. The molecule has 0 N–H and O–H groups in total. The fraction of sp³-hybridized carbons (Fsp3) is 0.222. The Kier molecular flexibility index (Phi) is 5.21. The fourth-order valence-corrected chi connectivity index (χ4v) is 4.31. The van der Waals surface area contributed by atoms with Crippen molar-refractivity contribution in [2.75, 3.05) is 26.2 Å². The van der Waals surface area contributed by atoms with Gasteiger partial charge in [-0.2, -0.15) is 9.57 Å². The number of rotatable bonds is 3. The summed E-state index contributed by atoms with van der Waals surface area (Å²) in [7, 11) is -4.19. The molecule has 0 atom stereocenters. The Labute approximate surface area is 155 Å². The molecule has 1 aliphatic heterocycles. The first-order valence-electron chi connectivity index (χ1n) is 8.07. The second kappa shape index (κ2) is 7.42. The normalized spacial score (nSPS) is 15.4. The first-order chi connectivity index (χ1) is 12.8. The Morgan fingerprint density at radius 3 is 2.22 bits per heavy atom. The van der Waals surface area contributed by atoms with E-state index in [2.05, 4.69) is 0 Å². The van der Waals surface area contributed by atoms with E-state index in [-0.39, 0.29) is 32.1 Å². The minimum Gasteiger partial charge on any atom is -0.336 e. The van der Waals surface area contributed by atoms with Gasteiger partial charge in [-0.25, -0.2) is 17.2 Å². The van der Waals surface area contributed by atoms with Gasteiger partial charge in [0.15, 0.2) is 0 Å². The number of hydrogen-bond acceptors (Lipinski definition) is 4. The molecular formula is C18H15F2N3O3S. The Bertz CT molecular complexity index is 1010. The Balaban J connectivity index is 1.72. The zero-order chi connectivity index (χ0) is 19.6. The zero-order valence-electron chi connectivity index (χ0n) is 14.1. The van der Waals surface area contributed by atoms with E-state index in [1.165, 1.54) is 29.2 Å². The lowest BCUT2D eigenvalue weighted by atomic mass is 10.1. The van der Waals surface area contributed by atoms with E-state index in [0.717, 1.165) is 16.4 Å². The fourth-order valence-electron chi connectivity index (χ4n) is 2.82. The zero-order valence-corrected chi connectivity index (χ0v) is 14.9. The molecule has 2 aromatic carbocycles. The molecule has 0 unspecified atom stereocenters. The molecule has 1 aliphatic rings. The van der Waals surface area contributed by atoms with E-state index in [4.69, 9.17) is 5.26 Å². The van der Waals surface area contributed by atoms with E-state index in [1.807, 2.05) is 6.07 Å². The van der Waals surface area contributed by atoms with Crippen LogP contribution in [-0.4, -0.2) is 49.7 Å². The van der Waals surface area contributed by atoms with Gasteiger partial charge in [0, 0.05) is 31.7 Å². The van der Waals surface area contributed by atoms with E-state index >= 15 is 0 Å². The number of carbonyl (C=O) groups excluding carboxylic acids is 1. The molecule has 0 radical (unpaired) electrons. The Morgan fingerprint density at radius 2 is 1.63 bits per heavy atom. The lowest BCUT2D eigenvalue weighted by Crippen LogP contribution is -2.50. The van der Waals surface area contributed by atoms with Crippen LogP contribution in [0.4, 0.5) is 8.78 Å². The third kappa shape index (κ3) is 3.82. The summed E-state index contributed by atoms with van der Waals surface area (Å²) in [5, 5.41) is 8.79. The van der Waals surface area contributed by atoms with Crippen molar-refractivity contribution in [2.24, 2.45) is 0 Å². The van der Waals surface area contributed by atoms with Crippen molar-refractivity contribution in [2.45, 2.75) is 4.90 Å². The molecule has 1 saturated heterocycles. The van der Waals surface area contributed by atoms with Gasteiger partial charge in [-0.3, -0.25) is 4.79 Å². The molecule has 0 saturated carbocycles. The van der Waals surface area contributed by atoms with Gasteiger partial charge >= 0.3 is 0 Å². The minimum atomic E-state index is -4.19. The van der Waals surface area contributed by atoms with E-state index in [9.17, 15) is 22.0 Å². The lowest BCUT2D eigenvalue weighted by Gasteiger charge is -2.34. The van der Waals surface area contributed by atoms with Crippen LogP contribution in [0.15, 0.2) is 47.4 Å². The predicted molar refractivity (Wildman–Crippen MR) is 92.2 cm³/mol. The van der Waals surface area contributed by atoms with Crippen molar-refractivity contribution >= 4 is 15.9 Å². The summed E-state index contributed by atoms with van der Waals surface area (Å²) in [6, 6.07) is 10.4. The predicted octanol–water partition coefficient (Wildman–Crippen LogP) is 1.98. The molecular weight excluding hydrogens is 376 g/mol. The van der Waals surface area contributed by atoms with Crippen LogP contribution in [0.5, 0.6) is 0 Å². The van der Waals surface area contributed by atoms with Gasteiger partial charge in [0.1, 0.15) is 16.5 Å². The van der Waals surface area contributed by atoms with Gasteiger partial charge in [0.05, 0.1) is 11.6 Å². The van der Waals surface area contributed by atoms with Crippen LogP contribution in [0.3, 0.4) is 0 Å². The molecule has 1 heterocycles. The molecule has 2 aromatic rings. The summed E-state index contributed by atoms with van der Waals surface area (Å²) in [5.74, 6) is -2.15. The minimum absolute atomic E-state index is 0.0275. The Morgan fingerprint density at radius 1 is 1.00 bits per heavy atom. The molecule has 1 fully saturated rings. The third-order valence-corrected chi connectivity index (χ3v) is 6.21. The molecule has 0 spiro atoms. The topological polar surface area (TPSA) is 81.5 Å². The first kappa shape index (κ1) is 18.9. The van der Waals surface area contributed by atoms with Crippen LogP contribution >= 0.6 is 0 Å². The van der Waals surface area contributed by atoms with Crippen molar-refractivity contribution in [3.8, 4) is 6.07 Å². The van der Waals surface area contributed by atoms with Crippen LogP contribution in [0.2, 0.25) is 0 Å². The number of benzene rings is 2. The molecule has 0 aliphatic carbocycles. The molecule has 9 heteroatoms. The monoisotopic (exact) mass is 391 g/mol. The van der Waals surface area contributed by atoms with E-state index in [0.29, 0.717) is 17.2 Å². The molecule has 3 rings (SSSR count). The number of piperazine rings is 1. The highest BCUT2D eigenvalue weighted by Crippen LogP contribution is 2.22. The maximum Gasteiger partial charge on any atom is 0.253 e. The number of hydrogen-bond donors (Lipinski definition) is 0. The summed E-state index contributed by atoms with van der Waals surface area (Å²) in [5.41, 5.74) is 0.820. The van der Waals surface area contributed by atoms with Crippen molar-refractivity contribution in [3.05, 3.63) is 65.2 Å². The first-order valence-corrected chi connectivity index (χ1v) is 9.51. The second-order valence-corrected chi connectivity index (χ2v) is 7.87. The van der Waals surface area contributed by atoms with Crippen LogP contribution in [0.1, 0.15) is 15.9 Å². The van der Waals surface area contributed by atoms with Gasteiger partial charge in [0.2, 0.25) is 10.0 Å². The number of nitrogens with zero attached hydrogens (tertiary/aromatic N) is 3. The maximum absolute atomic E-state index is 13.8. The van der Waals surface area contributed by atoms with E-state index in [1.54, 1.807) is 0 Å². The summed E-state index contributed by atoms with van der Waals surface area (Å²) in [4.78, 5) is 13.3. The quantitative estimate of drug-likeness (QED) is 0.801. The van der Waals surface area contributed by atoms with Crippen LogP contribution in [0.25, 0.3) is 0 Å². The number of carbonyl (C=O) groups is 1. The van der Waals surface area contributed by atoms with Crippen molar-refractivity contribution in [1.82, 2.24) is 9.21 Å². The molecule has 1 amide bonds. The molecule has 140 valence electrons. The lowest BCUT2D eigenvalue weighted by molar-refractivity contribution is 0.0697. The standard InChI is InChI=1S/C18H15F2N3O3S/c19-15-5-6-16(20)17(11-15)27(25,26)23-9-7-22(8-10-23)18(24)14-3-1-13(12-21)2-4-14/h1-6,11H,7-10H2. The van der Waals surface area contributed by atoms with Gasteiger partial charge in [-0.1, -0.05) is 0 Å². The van der Waals surface area contributed by atoms with Gasteiger partial charge < -0.3 is 4.90 Å². The largest absolute Gasteiger partial charge is 0.336 e. The number of sulfonamides is 1. The average Bonchev–Trinajstić information content (AvgIpc) is 2.69. The summed E-state index contributed by atoms with van der Waals surface area (Å²) in [6.45, 7) is 0.185. The van der Waals surface area contributed by atoms with Crippen molar-refractivity contribution in [3.63, 3.8) is 0 Å². The molecule has 0 bridgehead atoms. The van der Waals surface area contributed by atoms with Crippen LogP contribution < -0.4 is 0 Å². The average molecular weight is 391 g/mol.